The number of anilines is 2. The number of para-hydroxylation sites is 1. The largest absolute Gasteiger partial charge is 0.381 e. The molecule has 0 amide bonds. The Morgan fingerprint density at radius 3 is 2.59 bits per heavy atom. The molecule has 1 aliphatic heterocycles. The van der Waals surface area contributed by atoms with Crippen LogP contribution in [0.1, 0.15) is 18.4 Å². The zero-order chi connectivity index (χ0) is 23.7. The van der Waals surface area contributed by atoms with Crippen molar-refractivity contribution in [3.05, 3.63) is 66.6 Å². The molecule has 0 bridgehead atoms. The van der Waals surface area contributed by atoms with E-state index in [9.17, 15) is 8.42 Å². The number of sulfonamides is 1. The highest BCUT2D eigenvalue weighted by Crippen LogP contribution is 2.39. The number of benzene rings is 2. The highest BCUT2D eigenvalue weighted by atomic mass is 32.2. The highest BCUT2D eigenvalue weighted by Gasteiger charge is 2.22. The van der Waals surface area contributed by atoms with Crippen LogP contribution in [0.4, 0.5) is 11.5 Å². The van der Waals surface area contributed by atoms with E-state index in [4.69, 9.17) is 4.74 Å². The van der Waals surface area contributed by atoms with Crippen LogP contribution in [0.3, 0.4) is 0 Å². The Morgan fingerprint density at radius 1 is 1.03 bits per heavy atom. The molecule has 2 N–H and O–H groups in total. The maximum atomic E-state index is 12.1. The van der Waals surface area contributed by atoms with Gasteiger partial charge >= 0.3 is 0 Å². The summed E-state index contributed by atoms with van der Waals surface area (Å²) >= 11 is 0. The fourth-order valence-corrected chi connectivity index (χ4v) is 4.97. The first-order valence-corrected chi connectivity index (χ1v) is 13.1. The third kappa shape index (κ3) is 4.62. The second-order valence-electron chi connectivity index (χ2n) is 8.62. The fraction of sp³-hybridized carbons (Fsp3) is 0.280. The maximum Gasteiger partial charge on any atom is 0.229 e. The van der Waals surface area contributed by atoms with Crippen LogP contribution in [0.2, 0.25) is 0 Å². The van der Waals surface area contributed by atoms with Crippen molar-refractivity contribution in [1.29, 1.82) is 0 Å². The van der Waals surface area contributed by atoms with Crippen LogP contribution in [-0.4, -0.2) is 48.5 Å². The minimum absolute atomic E-state index is 0.242. The number of fused-ring (bicyclic) bond motifs is 1. The van der Waals surface area contributed by atoms with Crippen LogP contribution in [0.5, 0.6) is 0 Å². The van der Waals surface area contributed by atoms with Gasteiger partial charge in [-0.3, -0.25) is 4.72 Å². The van der Waals surface area contributed by atoms with Gasteiger partial charge < -0.3 is 14.6 Å². The third-order valence-electron chi connectivity index (χ3n) is 5.94. The summed E-state index contributed by atoms with van der Waals surface area (Å²) in [6.45, 7) is 3.48. The number of rotatable bonds is 6. The number of nitrogens with zero attached hydrogens (tertiary/aromatic N) is 3. The van der Waals surface area contributed by atoms with Gasteiger partial charge in [0.25, 0.3) is 0 Å². The summed E-state index contributed by atoms with van der Waals surface area (Å²) in [7, 11) is -3.46. The van der Waals surface area contributed by atoms with Gasteiger partial charge in [-0.1, -0.05) is 30.3 Å². The number of aryl methyl sites for hydroxylation is 1. The fourth-order valence-electron chi connectivity index (χ4n) is 4.39. The van der Waals surface area contributed by atoms with E-state index in [1.54, 1.807) is 12.4 Å². The van der Waals surface area contributed by atoms with Gasteiger partial charge in [-0.15, -0.1) is 0 Å². The third-order valence-corrected chi connectivity index (χ3v) is 6.53. The first-order chi connectivity index (χ1) is 16.4. The summed E-state index contributed by atoms with van der Waals surface area (Å²) < 4.78 is 34.4. The van der Waals surface area contributed by atoms with Crippen molar-refractivity contribution < 1.29 is 13.2 Å². The van der Waals surface area contributed by atoms with E-state index in [0.717, 1.165) is 58.3 Å². The van der Waals surface area contributed by atoms with Gasteiger partial charge in [0.05, 0.1) is 17.3 Å². The van der Waals surface area contributed by atoms with Crippen molar-refractivity contribution in [3.63, 3.8) is 0 Å². The van der Waals surface area contributed by atoms with Crippen LogP contribution in [-0.2, 0) is 14.8 Å². The molecule has 1 aliphatic rings. The number of hydrogen-bond donors (Lipinski definition) is 2. The molecule has 176 valence electrons. The zero-order valence-electron chi connectivity index (χ0n) is 19.2. The second-order valence-corrected chi connectivity index (χ2v) is 10.4. The molecule has 0 radical (unpaired) electrons. The minimum atomic E-state index is -3.46. The molecule has 0 saturated carbocycles. The zero-order valence-corrected chi connectivity index (χ0v) is 20.0. The van der Waals surface area contributed by atoms with Crippen molar-refractivity contribution in [3.8, 4) is 16.8 Å². The van der Waals surface area contributed by atoms with Crippen LogP contribution < -0.4 is 10.0 Å². The highest BCUT2D eigenvalue weighted by molar-refractivity contribution is 7.92. The molecule has 4 aromatic rings. The smallest absolute Gasteiger partial charge is 0.229 e. The first-order valence-electron chi connectivity index (χ1n) is 11.2. The average molecular weight is 478 g/mol. The Bertz CT molecular complexity index is 1440. The van der Waals surface area contributed by atoms with Crippen molar-refractivity contribution in [2.24, 2.45) is 0 Å². The van der Waals surface area contributed by atoms with Gasteiger partial charge in [0.2, 0.25) is 10.0 Å². The molecular formula is C25H27N5O3S. The monoisotopic (exact) mass is 477 g/mol. The Labute approximate surface area is 199 Å². The standard InChI is InChI=1S/C25H27N5O3S/c1-17-6-5-7-19(14-17)30-15-21(20-8-3-4-9-22(20)29-34(2,31)32)23-24(26-16-27-25(23)30)28-18-10-12-33-13-11-18/h3-9,14-16,18,29H,10-13H2,1-2H3,(H,26,27,28). The lowest BCUT2D eigenvalue weighted by atomic mass is 10.0. The Morgan fingerprint density at radius 2 is 1.82 bits per heavy atom. The van der Waals surface area contributed by atoms with Crippen molar-refractivity contribution in [1.82, 2.24) is 14.5 Å². The van der Waals surface area contributed by atoms with E-state index < -0.39 is 10.0 Å². The van der Waals surface area contributed by atoms with Gasteiger partial charge in [0, 0.05) is 42.3 Å². The predicted octanol–water partition coefficient (Wildman–Crippen LogP) is 4.36. The first kappa shape index (κ1) is 22.4. The summed E-state index contributed by atoms with van der Waals surface area (Å²) in [5, 5.41) is 4.44. The van der Waals surface area contributed by atoms with Gasteiger partial charge in [-0.05, 0) is 43.5 Å². The van der Waals surface area contributed by atoms with Crippen LogP contribution >= 0.6 is 0 Å². The lowest BCUT2D eigenvalue weighted by Crippen LogP contribution is -2.28. The predicted molar refractivity (Wildman–Crippen MR) is 135 cm³/mol. The van der Waals surface area contributed by atoms with Gasteiger partial charge in [0.15, 0.2) is 5.65 Å². The lowest BCUT2D eigenvalue weighted by Gasteiger charge is -2.24. The molecule has 2 aromatic carbocycles. The van der Waals surface area contributed by atoms with Gasteiger partial charge in [0.1, 0.15) is 12.1 Å². The number of hydrogen-bond acceptors (Lipinski definition) is 6. The molecule has 1 saturated heterocycles. The Balaban J connectivity index is 1.74. The van der Waals surface area contributed by atoms with Gasteiger partial charge in [-0.25, -0.2) is 18.4 Å². The molecule has 0 atom stereocenters. The van der Waals surface area contributed by atoms with E-state index in [-0.39, 0.29) is 6.04 Å². The quantitative estimate of drug-likeness (QED) is 0.428. The van der Waals surface area contributed by atoms with E-state index in [2.05, 4.69) is 39.1 Å². The second kappa shape index (κ2) is 9.08. The van der Waals surface area contributed by atoms with Gasteiger partial charge in [-0.2, -0.15) is 0 Å². The van der Waals surface area contributed by atoms with Crippen molar-refractivity contribution in [2.75, 3.05) is 29.5 Å². The molecule has 0 spiro atoms. The molecule has 2 aromatic heterocycles. The summed E-state index contributed by atoms with van der Waals surface area (Å²) in [5.41, 5.74) is 4.97. The van der Waals surface area contributed by atoms with Crippen molar-refractivity contribution >= 4 is 32.6 Å². The number of aromatic nitrogens is 3. The van der Waals surface area contributed by atoms with Crippen LogP contribution in [0, 0.1) is 6.92 Å². The summed E-state index contributed by atoms with van der Waals surface area (Å²) in [6.07, 6.45) is 6.52. The van der Waals surface area contributed by atoms with E-state index in [1.807, 2.05) is 41.1 Å². The Hall–Kier alpha value is -3.43. The molecule has 1 fully saturated rings. The molecule has 8 nitrogen and oxygen atoms in total. The van der Waals surface area contributed by atoms with Crippen molar-refractivity contribution in [2.45, 2.75) is 25.8 Å². The average Bonchev–Trinajstić information content (AvgIpc) is 3.20. The molecule has 3 heterocycles. The molecule has 34 heavy (non-hydrogen) atoms. The molecule has 9 heteroatoms. The van der Waals surface area contributed by atoms with E-state index >= 15 is 0 Å². The maximum absolute atomic E-state index is 12.1. The lowest BCUT2D eigenvalue weighted by molar-refractivity contribution is 0.0904. The van der Waals surface area contributed by atoms with E-state index in [0.29, 0.717) is 18.9 Å². The topological polar surface area (TPSA) is 98.1 Å². The molecule has 5 rings (SSSR count). The summed E-state index contributed by atoms with van der Waals surface area (Å²) in [4.78, 5) is 9.24. The van der Waals surface area contributed by atoms with Crippen LogP contribution in [0.25, 0.3) is 27.8 Å². The Kier molecular flexibility index (Phi) is 5.97. The van der Waals surface area contributed by atoms with E-state index in [1.165, 1.54) is 0 Å². The van der Waals surface area contributed by atoms with Crippen LogP contribution in [0.15, 0.2) is 61.1 Å². The molecule has 0 unspecified atom stereocenters. The number of nitrogens with one attached hydrogen (secondary N) is 2. The minimum Gasteiger partial charge on any atom is -0.381 e. The normalized spacial score (nSPS) is 14.9. The number of ether oxygens (including phenoxy) is 1. The SMILES string of the molecule is Cc1cccc(-n2cc(-c3ccccc3NS(C)(=O)=O)c3c(NC4CCOCC4)ncnc32)c1. The molecular weight excluding hydrogens is 450 g/mol. The summed E-state index contributed by atoms with van der Waals surface area (Å²) in [5.74, 6) is 0.729. The summed E-state index contributed by atoms with van der Waals surface area (Å²) in [6, 6.07) is 15.8. The molecule has 0 aliphatic carbocycles.